The Morgan fingerprint density at radius 3 is 2.50 bits per heavy atom. The van der Waals surface area contributed by atoms with Crippen molar-refractivity contribution in [2.75, 3.05) is 0 Å². The van der Waals surface area contributed by atoms with E-state index < -0.39 is 5.60 Å². The van der Waals surface area contributed by atoms with Crippen molar-refractivity contribution in [3.63, 3.8) is 0 Å². The van der Waals surface area contributed by atoms with Gasteiger partial charge in [0, 0.05) is 40.4 Å². The Kier molecular flexibility index (Phi) is 4.49. The fraction of sp³-hybridized carbons (Fsp3) is 0.636. The fourth-order valence-corrected chi connectivity index (χ4v) is 6.23. The Balaban J connectivity index is 1.33. The minimum absolute atomic E-state index is 0.100. The van der Waals surface area contributed by atoms with Crippen LogP contribution in [0.3, 0.4) is 0 Å². The quantitative estimate of drug-likeness (QED) is 0.838. The number of piperidine rings is 1. The number of aryl methyl sites for hydroxylation is 2. The molecule has 2 bridgehead atoms. The van der Waals surface area contributed by atoms with Crippen LogP contribution in [-0.2, 0) is 13.1 Å². The summed E-state index contributed by atoms with van der Waals surface area (Å²) in [5, 5.41) is 16.0. The van der Waals surface area contributed by atoms with Crippen LogP contribution in [0.25, 0.3) is 0 Å². The van der Waals surface area contributed by atoms with E-state index in [1.54, 1.807) is 6.07 Å². The van der Waals surface area contributed by atoms with Crippen LogP contribution >= 0.6 is 11.3 Å². The average Bonchev–Trinajstić information content (AvgIpc) is 3.38. The highest BCUT2D eigenvalue weighted by atomic mass is 32.1. The zero-order chi connectivity index (χ0) is 19.5. The summed E-state index contributed by atoms with van der Waals surface area (Å²) in [7, 11) is 0. The van der Waals surface area contributed by atoms with Gasteiger partial charge < -0.3 is 5.11 Å². The first-order valence-electron chi connectivity index (χ1n) is 10.5. The Morgan fingerprint density at radius 2 is 1.89 bits per heavy atom. The molecule has 2 atom stereocenters. The zero-order valence-electron chi connectivity index (χ0n) is 16.7. The van der Waals surface area contributed by atoms with Crippen molar-refractivity contribution in [1.82, 2.24) is 14.7 Å². The van der Waals surface area contributed by atoms with Crippen LogP contribution in [0.15, 0.2) is 23.0 Å². The maximum atomic E-state index is 12.3. The molecule has 6 heteroatoms. The van der Waals surface area contributed by atoms with Crippen molar-refractivity contribution in [2.24, 2.45) is 0 Å². The highest BCUT2D eigenvalue weighted by molar-refractivity contribution is 7.12. The van der Waals surface area contributed by atoms with Gasteiger partial charge >= 0.3 is 0 Å². The molecule has 3 fully saturated rings. The zero-order valence-corrected chi connectivity index (χ0v) is 17.5. The minimum atomic E-state index is -0.832. The SMILES string of the molecule is Cc1cc(CN2[C@@H]3CC[C@@H]2CC(O)(Cn2nc(C4CC4)ccc2=O)C3)c(C)s1. The predicted octanol–water partition coefficient (Wildman–Crippen LogP) is 3.36. The molecule has 0 unspecified atom stereocenters. The topological polar surface area (TPSA) is 58.4 Å². The molecule has 0 amide bonds. The van der Waals surface area contributed by atoms with E-state index in [1.165, 1.54) is 20.0 Å². The molecule has 1 saturated carbocycles. The van der Waals surface area contributed by atoms with Gasteiger partial charge in [-0.1, -0.05) is 0 Å². The van der Waals surface area contributed by atoms with E-state index in [0.29, 0.717) is 24.5 Å². The van der Waals surface area contributed by atoms with Crippen molar-refractivity contribution < 1.29 is 5.11 Å². The number of nitrogens with zero attached hydrogens (tertiary/aromatic N) is 3. The molecule has 2 aromatic heterocycles. The summed E-state index contributed by atoms with van der Waals surface area (Å²) in [5.74, 6) is 0.511. The third kappa shape index (κ3) is 3.46. The Labute approximate surface area is 170 Å². The molecule has 0 aromatic carbocycles. The molecular weight excluding hydrogens is 370 g/mol. The third-order valence-corrected chi connectivity index (χ3v) is 7.83. The van der Waals surface area contributed by atoms with Crippen LogP contribution < -0.4 is 5.56 Å². The maximum Gasteiger partial charge on any atom is 0.266 e. The summed E-state index contributed by atoms with van der Waals surface area (Å²) in [6.07, 6.45) is 6.06. The van der Waals surface area contributed by atoms with Gasteiger partial charge in [0.2, 0.25) is 0 Å². The van der Waals surface area contributed by atoms with E-state index in [0.717, 1.165) is 50.8 Å². The standard InChI is InChI=1S/C22H29N3O2S/c1-14-9-17(15(2)28-14)12-24-18-5-6-19(24)11-22(27,10-18)13-25-21(26)8-7-20(23-25)16-3-4-16/h7-9,16,18-19,27H,3-6,10-13H2,1-2H3/t18-,19-/m1/s1. The highest BCUT2D eigenvalue weighted by Crippen LogP contribution is 2.43. The molecule has 5 nitrogen and oxygen atoms in total. The van der Waals surface area contributed by atoms with Crippen LogP contribution in [0.4, 0.5) is 0 Å². The molecule has 5 rings (SSSR count). The van der Waals surface area contributed by atoms with Crippen LogP contribution in [0.2, 0.25) is 0 Å². The van der Waals surface area contributed by atoms with E-state index >= 15 is 0 Å². The van der Waals surface area contributed by atoms with E-state index in [-0.39, 0.29) is 5.56 Å². The van der Waals surface area contributed by atoms with Crippen molar-refractivity contribution in [3.05, 3.63) is 49.6 Å². The lowest BCUT2D eigenvalue weighted by atomic mass is 9.85. The molecule has 0 spiro atoms. The molecule has 2 saturated heterocycles. The summed E-state index contributed by atoms with van der Waals surface area (Å²) in [4.78, 5) is 17.7. The minimum Gasteiger partial charge on any atom is -0.388 e. The number of fused-ring (bicyclic) bond motifs is 2. The molecule has 1 N–H and O–H groups in total. The molecular formula is C22H29N3O2S. The van der Waals surface area contributed by atoms with Gasteiger partial charge in [0.05, 0.1) is 17.8 Å². The van der Waals surface area contributed by atoms with E-state index in [4.69, 9.17) is 0 Å². The van der Waals surface area contributed by atoms with Gasteiger partial charge in [0.1, 0.15) is 0 Å². The number of hydrogen-bond donors (Lipinski definition) is 1. The number of aromatic nitrogens is 2. The number of hydrogen-bond acceptors (Lipinski definition) is 5. The lowest BCUT2D eigenvalue weighted by Crippen LogP contribution is -2.53. The molecule has 0 radical (unpaired) electrons. The van der Waals surface area contributed by atoms with Gasteiger partial charge in [-0.2, -0.15) is 5.10 Å². The van der Waals surface area contributed by atoms with Crippen LogP contribution in [0, 0.1) is 13.8 Å². The van der Waals surface area contributed by atoms with E-state index in [9.17, 15) is 9.90 Å². The largest absolute Gasteiger partial charge is 0.388 e. The molecule has 28 heavy (non-hydrogen) atoms. The van der Waals surface area contributed by atoms with Gasteiger partial charge in [0.25, 0.3) is 5.56 Å². The predicted molar refractivity (Wildman–Crippen MR) is 111 cm³/mol. The number of thiophene rings is 1. The van der Waals surface area contributed by atoms with Crippen molar-refractivity contribution in [2.45, 2.75) is 89.1 Å². The molecule has 1 aliphatic carbocycles. The summed E-state index contributed by atoms with van der Waals surface area (Å²) in [5.41, 5.74) is 1.50. The summed E-state index contributed by atoms with van der Waals surface area (Å²) >= 11 is 1.87. The Hall–Kier alpha value is -1.50. The smallest absolute Gasteiger partial charge is 0.266 e. The normalized spacial score (nSPS) is 30.1. The average molecular weight is 400 g/mol. The fourth-order valence-electron chi connectivity index (χ4n) is 5.29. The summed E-state index contributed by atoms with van der Waals surface area (Å²) in [6, 6.07) is 6.58. The second kappa shape index (κ2) is 6.78. The second-order valence-electron chi connectivity index (χ2n) is 9.16. The maximum absolute atomic E-state index is 12.3. The van der Waals surface area contributed by atoms with Crippen molar-refractivity contribution in [3.8, 4) is 0 Å². The first-order chi connectivity index (χ1) is 13.4. The van der Waals surface area contributed by atoms with Gasteiger partial charge in [-0.05, 0) is 70.1 Å². The number of rotatable bonds is 5. The van der Waals surface area contributed by atoms with E-state index in [2.05, 4.69) is 29.9 Å². The lowest BCUT2D eigenvalue weighted by molar-refractivity contribution is -0.0678. The monoisotopic (exact) mass is 399 g/mol. The molecule has 150 valence electrons. The van der Waals surface area contributed by atoms with Gasteiger partial charge in [-0.3, -0.25) is 9.69 Å². The Bertz CT molecular complexity index is 931. The molecule has 2 aromatic rings. The van der Waals surface area contributed by atoms with E-state index in [1.807, 2.05) is 17.4 Å². The third-order valence-electron chi connectivity index (χ3n) is 6.83. The van der Waals surface area contributed by atoms with Crippen molar-refractivity contribution in [1.29, 1.82) is 0 Å². The van der Waals surface area contributed by atoms with Crippen LogP contribution in [0.1, 0.15) is 65.5 Å². The van der Waals surface area contributed by atoms with Gasteiger partial charge in [0.15, 0.2) is 0 Å². The van der Waals surface area contributed by atoms with Gasteiger partial charge in [-0.15, -0.1) is 11.3 Å². The Morgan fingerprint density at radius 1 is 1.18 bits per heavy atom. The second-order valence-corrected chi connectivity index (χ2v) is 10.6. The molecule has 3 aliphatic rings. The molecule has 2 aliphatic heterocycles. The lowest BCUT2D eigenvalue weighted by Gasteiger charge is -2.43. The molecule has 4 heterocycles. The first-order valence-corrected chi connectivity index (χ1v) is 11.3. The number of aliphatic hydroxyl groups is 1. The van der Waals surface area contributed by atoms with Crippen LogP contribution in [0.5, 0.6) is 0 Å². The van der Waals surface area contributed by atoms with Crippen molar-refractivity contribution >= 4 is 11.3 Å². The van der Waals surface area contributed by atoms with Crippen LogP contribution in [-0.4, -0.2) is 37.5 Å². The first kappa shape index (κ1) is 18.5. The summed E-state index contributed by atoms with van der Waals surface area (Å²) in [6.45, 7) is 5.69. The highest BCUT2D eigenvalue weighted by Gasteiger charge is 2.48. The summed E-state index contributed by atoms with van der Waals surface area (Å²) < 4.78 is 1.52. The van der Waals surface area contributed by atoms with Gasteiger partial charge in [-0.25, -0.2) is 4.68 Å².